The molecule has 9 heteroatoms. The molecule has 1 aromatic rings. The average Bonchev–Trinajstić information content (AvgIpc) is 3.15. The van der Waals surface area contributed by atoms with E-state index in [0.717, 1.165) is 31.6 Å². The third kappa shape index (κ3) is 3.39. The zero-order valence-electron chi connectivity index (χ0n) is 12.7. The molecule has 0 radical (unpaired) electrons. The Bertz CT molecular complexity index is 617. The van der Waals surface area contributed by atoms with Crippen LogP contribution in [0.15, 0.2) is 29.4 Å². The van der Waals surface area contributed by atoms with Gasteiger partial charge in [-0.25, -0.2) is 4.68 Å². The Hall–Kier alpha value is -1.90. The first-order chi connectivity index (χ1) is 11.0. The van der Waals surface area contributed by atoms with Crippen molar-refractivity contribution >= 4 is 23.0 Å². The lowest BCUT2D eigenvalue weighted by Gasteiger charge is -2.38. The van der Waals surface area contributed by atoms with Crippen LogP contribution in [0.5, 0.6) is 0 Å². The molecule has 2 fully saturated rings. The number of nitrogens with zero attached hydrogens (tertiary/aromatic N) is 3. The van der Waals surface area contributed by atoms with Crippen molar-refractivity contribution in [3.63, 3.8) is 0 Å². The first-order valence-electron chi connectivity index (χ1n) is 7.45. The molecule has 2 saturated heterocycles. The van der Waals surface area contributed by atoms with Gasteiger partial charge in [0.2, 0.25) is 0 Å². The van der Waals surface area contributed by atoms with E-state index in [9.17, 15) is 0 Å². The highest BCUT2D eigenvalue weighted by Crippen LogP contribution is 2.33. The zero-order chi connectivity index (χ0) is 16.4. The zero-order valence-corrected chi connectivity index (χ0v) is 13.5. The predicted octanol–water partition coefficient (Wildman–Crippen LogP) is 0.309. The van der Waals surface area contributed by atoms with Crippen molar-refractivity contribution in [3.05, 3.63) is 29.4 Å². The maximum atomic E-state index is 5.74. The average molecular weight is 341 g/mol. The largest absolute Gasteiger partial charge is 0.389 e. The second kappa shape index (κ2) is 6.31. The van der Waals surface area contributed by atoms with E-state index in [4.69, 9.17) is 38.3 Å². The van der Waals surface area contributed by atoms with Crippen LogP contribution < -0.4 is 22.1 Å². The monoisotopic (exact) mass is 340 g/mol. The quantitative estimate of drug-likeness (QED) is 0.535. The highest BCUT2D eigenvalue weighted by Gasteiger charge is 2.39. The molecule has 6 N–H and O–H groups in total. The van der Waals surface area contributed by atoms with E-state index in [0.29, 0.717) is 18.9 Å². The summed E-state index contributed by atoms with van der Waals surface area (Å²) in [6.07, 6.45) is 6.73. The van der Waals surface area contributed by atoms with Crippen LogP contribution in [0, 0.1) is 0 Å². The lowest BCUT2D eigenvalue weighted by molar-refractivity contribution is -0.169. The van der Waals surface area contributed by atoms with E-state index < -0.39 is 5.79 Å². The van der Waals surface area contributed by atoms with E-state index in [2.05, 4.69) is 10.00 Å². The van der Waals surface area contributed by atoms with Crippen LogP contribution in [-0.4, -0.2) is 41.9 Å². The number of allylic oxidation sites excluding steroid dienone is 2. The lowest BCUT2D eigenvalue weighted by Crippen LogP contribution is -2.45. The molecule has 0 unspecified atom stereocenters. The number of piperidine rings is 1. The highest BCUT2D eigenvalue weighted by atomic mass is 35.5. The molecule has 3 rings (SSSR count). The maximum Gasteiger partial charge on any atom is 0.171 e. The smallest absolute Gasteiger partial charge is 0.171 e. The molecule has 2 aliphatic rings. The minimum atomic E-state index is -0.394. The summed E-state index contributed by atoms with van der Waals surface area (Å²) in [6.45, 7) is 3.01. The SMILES string of the molecule is NC(N)=C(/C=C(\N)Cl)n1cc(N2CCC3(CC2)OCCO3)cn1. The van der Waals surface area contributed by atoms with Crippen LogP contribution in [-0.2, 0) is 9.47 Å². The van der Waals surface area contributed by atoms with Crippen molar-refractivity contribution in [2.75, 3.05) is 31.2 Å². The van der Waals surface area contributed by atoms with E-state index in [1.807, 2.05) is 6.20 Å². The van der Waals surface area contributed by atoms with Gasteiger partial charge in [0.1, 0.15) is 16.7 Å². The predicted molar refractivity (Wildman–Crippen MR) is 88.0 cm³/mol. The topological polar surface area (TPSA) is 118 Å². The standard InChI is InChI=1S/C14H21ClN6O2/c15-12(16)7-11(13(17)18)21-9-10(8-19-21)20-3-1-14(2-4-20)22-5-6-23-14/h7-9H,1-6,16-18H2/b12-7-. The second-order valence-corrected chi connectivity index (χ2v) is 6.04. The molecule has 0 saturated carbocycles. The summed E-state index contributed by atoms with van der Waals surface area (Å²) in [6, 6.07) is 0. The first kappa shape index (κ1) is 16.0. The fraction of sp³-hybridized carbons (Fsp3) is 0.500. The molecule has 2 aliphatic heterocycles. The normalized spacial score (nSPS) is 20.9. The van der Waals surface area contributed by atoms with Crippen molar-refractivity contribution in [3.8, 4) is 0 Å². The van der Waals surface area contributed by atoms with Crippen LogP contribution in [0.3, 0.4) is 0 Å². The third-order valence-corrected chi connectivity index (χ3v) is 4.20. The van der Waals surface area contributed by atoms with Gasteiger partial charge in [-0.15, -0.1) is 0 Å². The van der Waals surface area contributed by atoms with Crippen molar-refractivity contribution in [2.45, 2.75) is 18.6 Å². The summed E-state index contributed by atoms with van der Waals surface area (Å²) >= 11 is 5.71. The molecule has 0 atom stereocenters. The Labute approximate surface area is 139 Å². The summed E-state index contributed by atoms with van der Waals surface area (Å²) in [5, 5.41) is 4.38. The molecular formula is C14H21ClN6O2. The molecular weight excluding hydrogens is 320 g/mol. The van der Waals surface area contributed by atoms with E-state index in [-0.39, 0.29) is 11.0 Å². The van der Waals surface area contributed by atoms with Crippen LogP contribution in [0.4, 0.5) is 5.69 Å². The fourth-order valence-electron chi connectivity index (χ4n) is 2.91. The Balaban J connectivity index is 1.73. The Kier molecular flexibility index (Phi) is 4.38. The van der Waals surface area contributed by atoms with Gasteiger partial charge in [-0.05, 0) is 0 Å². The molecule has 1 spiro atoms. The summed E-state index contributed by atoms with van der Waals surface area (Å²) < 4.78 is 13.0. The molecule has 3 heterocycles. The number of halogens is 1. The summed E-state index contributed by atoms with van der Waals surface area (Å²) in [5.41, 5.74) is 18.2. The van der Waals surface area contributed by atoms with Gasteiger partial charge in [-0.1, -0.05) is 11.6 Å². The van der Waals surface area contributed by atoms with Gasteiger partial charge in [-0.3, -0.25) is 0 Å². The summed E-state index contributed by atoms with van der Waals surface area (Å²) in [4.78, 5) is 2.22. The van der Waals surface area contributed by atoms with Gasteiger partial charge in [0, 0.05) is 32.0 Å². The Morgan fingerprint density at radius 2 is 1.87 bits per heavy atom. The van der Waals surface area contributed by atoms with Crippen LogP contribution in [0.25, 0.3) is 5.70 Å². The number of ether oxygens (including phenoxy) is 2. The van der Waals surface area contributed by atoms with Crippen molar-refractivity contribution in [1.82, 2.24) is 9.78 Å². The van der Waals surface area contributed by atoms with Gasteiger partial charge in [0.15, 0.2) is 5.79 Å². The minimum Gasteiger partial charge on any atom is -0.389 e. The number of hydrogen-bond donors (Lipinski definition) is 3. The van der Waals surface area contributed by atoms with Gasteiger partial charge < -0.3 is 31.6 Å². The Morgan fingerprint density at radius 3 is 2.43 bits per heavy atom. The van der Waals surface area contributed by atoms with Gasteiger partial charge in [0.25, 0.3) is 0 Å². The third-order valence-electron chi connectivity index (χ3n) is 4.09. The van der Waals surface area contributed by atoms with Crippen LogP contribution >= 0.6 is 11.6 Å². The van der Waals surface area contributed by atoms with Crippen LogP contribution in [0.1, 0.15) is 12.8 Å². The van der Waals surface area contributed by atoms with Crippen LogP contribution in [0.2, 0.25) is 0 Å². The van der Waals surface area contributed by atoms with E-state index in [1.54, 1.807) is 10.9 Å². The molecule has 0 aliphatic carbocycles. The molecule has 8 nitrogen and oxygen atoms in total. The molecule has 23 heavy (non-hydrogen) atoms. The van der Waals surface area contributed by atoms with Gasteiger partial charge in [0.05, 0.1) is 31.3 Å². The Morgan fingerprint density at radius 1 is 1.22 bits per heavy atom. The highest BCUT2D eigenvalue weighted by molar-refractivity contribution is 6.29. The first-order valence-corrected chi connectivity index (χ1v) is 7.83. The number of hydrogen-bond acceptors (Lipinski definition) is 7. The number of rotatable bonds is 3. The second-order valence-electron chi connectivity index (χ2n) is 5.61. The lowest BCUT2D eigenvalue weighted by atomic mass is 10.0. The van der Waals surface area contributed by atoms with Crippen molar-refractivity contribution < 1.29 is 9.47 Å². The van der Waals surface area contributed by atoms with Crippen molar-refractivity contribution in [2.24, 2.45) is 17.2 Å². The van der Waals surface area contributed by atoms with E-state index in [1.165, 1.54) is 6.08 Å². The number of aromatic nitrogens is 2. The van der Waals surface area contributed by atoms with Crippen molar-refractivity contribution in [1.29, 1.82) is 0 Å². The number of nitrogens with two attached hydrogens (primary N) is 3. The molecule has 126 valence electrons. The maximum absolute atomic E-state index is 5.74. The molecule has 0 aromatic carbocycles. The molecule has 0 amide bonds. The molecule has 1 aromatic heterocycles. The summed E-state index contributed by atoms with van der Waals surface area (Å²) in [7, 11) is 0. The van der Waals surface area contributed by atoms with Gasteiger partial charge in [-0.2, -0.15) is 5.10 Å². The van der Waals surface area contributed by atoms with E-state index >= 15 is 0 Å². The molecule has 0 bridgehead atoms. The number of anilines is 1. The fourth-order valence-corrected chi connectivity index (χ4v) is 3.02. The minimum absolute atomic E-state index is 0.0842. The summed E-state index contributed by atoms with van der Waals surface area (Å²) in [5.74, 6) is -0.302. The van der Waals surface area contributed by atoms with Gasteiger partial charge >= 0.3 is 0 Å².